The molecule has 0 aliphatic carbocycles. The molecule has 6 heteroatoms. The first kappa shape index (κ1) is 15.8. The Morgan fingerprint density at radius 1 is 1.32 bits per heavy atom. The van der Waals surface area contributed by atoms with Crippen LogP contribution in [-0.2, 0) is 16.0 Å². The zero-order valence-corrected chi connectivity index (χ0v) is 12.2. The average Bonchev–Trinajstić information content (AvgIpc) is 2.79. The number of hydrogen-bond donors (Lipinski definition) is 2. The lowest BCUT2D eigenvalue weighted by Crippen LogP contribution is -2.41. The van der Waals surface area contributed by atoms with Crippen molar-refractivity contribution in [1.82, 2.24) is 15.5 Å². The van der Waals surface area contributed by atoms with Crippen LogP contribution in [0.15, 0.2) is 43.0 Å². The van der Waals surface area contributed by atoms with Crippen molar-refractivity contribution in [3.8, 4) is 0 Å². The van der Waals surface area contributed by atoms with E-state index in [1.807, 2.05) is 30.3 Å². The number of carbonyl (C=O) groups excluding carboxylic acids is 3. The fraction of sp³-hybridized carbons (Fsp3) is 0.312. The first-order valence-electron chi connectivity index (χ1n) is 7.15. The van der Waals surface area contributed by atoms with Gasteiger partial charge in [0.1, 0.15) is 12.6 Å². The summed E-state index contributed by atoms with van der Waals surface area (Å²) in [7, 11) is 0. The van der Waals surface area contributed by atoms with Crippen molar-refractivity contribution in [3.05, 3.63) is 48.6 Å². The molecule has 22 heavy (non-hydrogen) atoms. The Hall–Kier alpha value is -2.63. The Labute approximate surface area is 129 Å². The van der Waals surface area contributed by atoms with Crippen LogP contribution in [0.2, 0.25) is 0 Å². The van der Waals surface area contributed by atoms with E-state index in [0.29, 0.717) is 19.4 Å². The fourth-order valence-electron chi connectivity index (χ4n) is 2.26. The van der Waals surface area contributed by atoms with Crippen molar-refractivity contribution in [2.45, 2.75) is 18.9 Å². The third kappa shape index (κ3) is 3.94. The zero-order chi connectivity index (χ0) is 15.9. The van der Waals surface area contributed by atoms with Gasteiger partial charge in [0.05, 0.1) is 0 Å². The minimum absolute atomic E-state index is 0.264. The fourth-order valence-corrected chi connectivity index (χ4v) is 2.26. The monoisotopic (exact) mass is 301 g/mol. The van der Waals surface area contributed by atoms with Gasteiger partial charge in [-0.2, -0.15) is 0 Å². The van der Waals surface area contributed by atoms with Crippen molar-refractivity contribution in [3.63, 3.8) is 0 Å². The zero-order valence-electron chi connectivity index (χ0n) is 12.2. The van der Waals surface area contributed by atoms with E-state index in [0.717, 1.165) is 10.5 Å². The molecule has 1 saturated heterocycles. The Bertz CT molecular complexity index is 571. The van der Waals surface area contributed by atoms with Crippen LogP contribution in [-0.4, -0.2) is 41.9 Å². The summed E-state index contributed by atoms with van der Waals surface area (Å²) in [6, 6.07) is 8.65. The third-order valence-electron chi connectivity index (χ3n) is 3.42. The quantitative estimate of drug-likeness (QED) is 0.579. The van der Waals surface area contributed by atoms with Crippen molar-refractivity contribution >= 4 is 17.8 Å². The lowest BCUT2D eigenvalue weighted by atomic mass is 10.1. The highest BCUT2D eigenvalue weighted by Crippen LogP contribution is 2.12. The second-order valence-corrected chi connectivity index (χ2v) is 5.04. The smallest absolute Gasteiger partial charge is 0.325 e. The minimum Gasteiger partial charge on any atom is -0.351 e. The lowest BCUT2D eigenvalue weighted by molar-refractivity contribution is -0.132. The van der Waals surface area contributed by atoms with Gasteiger partial charge in [-0.25, -0.2) is 4.79 Å². The van der Waals surface area contributed by atoms with Gasteiger partial charge in [0.2, 0.25) is 5.91 Å². The van der Waals surface area contributed by atoms with Crippen molar-refractivity contribution in [1.29, 1.82) is 0 Å². The topological polar surface area (TPSA) is 78.5 Å². The van der Waals surface area contributed by atoms with Crippen molar-refractivity contribution in [2.75, 3.05) is 13.1 Å². The maximum Gasteiger partial charge on any atom is 0.325 e. The SMILES string of the molecule is C=CCNC(=O)CN1C(=O)N[C@@H](CCc2ccccc2)C1=O. The van der Waals surface area contributed by atoms with Crippen LogP contribution in [0.1, 0.15) is 12.0 Å². The molecule has 4 amide bonds. The molecule has 1 aliphatic heterocycles. The van der Waals surface area contributed by atoms with E-state index in [2.05, 4.69) is 17.2 Å². The molecule has 1 heterocycles. The van der Waals surface area contributed by atoms with Crippen molar-refractivity contribution in [2.24, 2.45) is 0 Å². The number of nitrogens with one attached hydrogen (secondary N) is 2. The van der Waals surface area contributed by atoms with Crippen molar-refractivity contribution < 1.29 is 14.4 Å². The van der Waals surface area contributed by atoms with Crippen LogP contribution in [0.25, 0.3) is 0 Å². The van der Waals surface area contributed by atoms with Crippen LogP contribution in [0.5, 0.6) is 0 Å². The molecule has 0 saturated carbocycles. The largest absolute Gasteiger partial charge is 0.351 e. The van der Waals surface area contributed by atoms with Crippen LogP contribution in [0, 0.1) is 0 Å². The minimum atomic E-state index is -0.570. The van der Waals surface area contributed by atoms with Gasteiger partial charge in [-0.1, -0.05) is 36.4 Å². The third-order valence-corrected chi connectivity index (χ3v) is 3.42. The number of aryl methyl sites for hydroxylation is 1. The average molecular weight is 301 g/mol. The number of rotatable bonds is 7. The van der Waals surface area contributed by atoms with Gasteiger partial charge >= 0.3 is 6.03 Å². The van der Waals surface area contributed by atoms with E-state index < -0.39 is 12.1 Å². The Kier molecular flexibility index (Phi) is 5.30. The standard InChI is InChI=1S/C16H19N3O3/c1-2-10-17-14(20)11-19-15(21)13(18-16(19)22)9-8-12-6-4-3-5-7-12/h2-7,13H,1,8-11H2,(H,17,20)(H,18,22)/t13-/m0/s1. The van der Waals surface area contributed by atoms with Crippen LogP contribution in [0.4, 0.5) is 4.79 Å². The van der Waals surface area contributed by atoms with Crippen LogP contribution in [0.3, 0.4) is 0 Å². The van der Waals surface area contributed by atoms with E-state index in [-0.39, 0.29) is 18.4 Å². The molecule has 0 spiro atoms. The van der Waals surface area contributed by atoms with E-state index in [4.69, 9.17) is 0 Å². The summed E-state index contributed by atoms with van der Waals surface area (Å²) in [5.74, 6) is -0.734. The second kappa shape index (κ2) is 7.40. The molecule has 1 aromatic rings. The van der Waals surface area contributed by atoms with E-state index >= 15 is 0 Å². The van der Waals surface area contributed by atoms with Gasteiger partial charge in [0.15, 0.2) is 0 Å². The maximum atomic E-state index is 12.2. The molecule has 2 rings (SSSR count). The first-order chi connectivity index (χ1) is 10.6. The molecule has 2 N–H and O–H groups in total. The number of hydrogen-bond acceptors (Lipinski definition) is 3. The normalized spacial score (nSPS) is 17.3. The molecule has 0 unspecified atom stereocenters. The molecule has 0 bridgehead atoms. The van der Waals surface area contributed by atoms with Gasteiger partial charge in [-0.05, 0) is 18.4 Å². The molecule has 6 nitrogen and oxygen atoms in total. The molecule has 1 fully saturated rings. The first-order valence-corrected chi connectivity index (χ1v) is 7.15. The molecule has 0 radical (unpaired) electrons. The second-order valence-electron chi connectivity index (χ2n) is 5.04. The number of amides is 4. The summed E-state index contributed by atoms with van der Waals surface area (Å²) in [5.41, 5.74) is 1.10. The highest BCUT2D eigenvalue weighted by molar-refractivity contribution is 6.06. The lowest BCUT2D eigenvalue weighted by Gasteiger charge is -2.12. The summed E-state index contributed by atoms with van der Waals surface area (Å²) in [6.07, 6.45) is 2.74. The number of carbonyl (C=O) groups is 3. The van der Waals surface area contributed by atoms with Gasteiger partial charge in [0, 0.05) is 6.54 Å². The number of nitrogens with zero attached hydrogens (tertiary/aromatic N) is 1. The van der Waals surface area contributed by atoms with Gasteiger partial charge in [0.25, 0.3) is 5.91 Å². The van der Waals surface area contributed by atoms with Crippen LogP contribution >= 0.6 is 0 Å². The summed E-state index contributed by atoms with van der Waals surface area (Å²) >= 11 is 0. The van der Waals surface area contributed by atoms with Crippen LogP contribution < -0.4 is 10.6 Å². The number of urea groups is 1. The molecule has 1 aromatic carbocycles. The van der Waals surface area contributed by atoms with Gasteiger partial charge < -0.3 is 10.6 Å². The molecule has 116 valence electrons. The summed E-state index contributed by atoms with van der Waals surface area (Å²) in [6.45, 7) is 3.53. The van der Waals surface area contributed by atoms with E-state index in [1.165, 1.54) is 6.08 Å². The molecule has 1 aliphatic rings. The van der Waals surface area contributed by atoms with Gasteiger partial charge in [-0.15, -0.1) is 6.58 Å². The number of imide groups is 1. The molecular weight excluding hydrogens is 282 g/mol. The Morgan fingerprint density at radius 2 is 2.05 bits per heavy atom. The number of benzene rings is 1. The maximum absolute atomic E-state index is 12.2. The van der Waals surface area contributed by atoms with E-state index in [1.54, 1.807) is 0 Å². The Balaban J connectivity index is 1.88. The summed E-state index contributed by atoms with van der Waals surface area (Å²) in [4.78, 5) is 36.6. The highest BCUT2D eigenvalue weighted by Gasteiger charge is 2.38. The predicted molar refractivity (Wildman–Crippen MR) is 82.0 cm³/mol. The molecular formula is C16H19N3O3. The Morgan fingerprint density at radius 3 is 2.73 bits per heavy atom. The summed E-state index contributed by atoms with van der Waals surface area (Å²) < 4.78 is 0. The highest BCUT2D eigenvalue weighted by atomic mass is 16.2. The molecule has 1 atom stereocenters. The molecule has 0 aromatic heterocycles. The predicted octanol–water partition coefficient (Wildman–Crippen LogP) is 0.842. The summed E-state index contributed by atoms with van der Waals surface area (Å²) in [5, 5.41) is 5.16. The van der Waals surface area contributed by atoms with Gasteiger partial charge in [-0.3, -0.25) is 14.5 Å². The van der Waals surface area contributed by atoms with E-state index in [9.17, 15) is 14.4 Å².